The van der Waals surface area contributed by atoms with Crippen molar-refractivity contribution in [1.29, 1.82) is 0 Å². The zero-order chi connectivity index (χ0) is 12.2. The van der Waals surface area contributed by atoms with Crippen molar-refractivity contribution >= 4 is 23.7 Å². The number of nitrogens with zero attached hydrogens (tertiary/aromatic N) is 1. The molecule has 5 heteroatoms. The lowest BCUT2D eigenvalue weighted by Crippen LogP contribution is -2.45. The minimum Gasteiger partial charge on any atom is -0.275 e. The van der Waals surface area contributed by atoms with Gasteiger partial charge in [-0.3, -0.25) is 10.1 Å². The van der Waals surface area contributed by atoms with Crippen molar-refractivity contribution < 1.29 is 9.59 Å². The average molecular weight is 247 g/mol. The summed E-state index contributed by atoms with van der Waals surface area (Å²) >= 11 is 5.95. The molecule has 1 fully saturated rings. The first-order chi connectivity index (χ1) is 7.58. The van der Waals surface area contributed by atoms with Crippen molar-refractivity contribution in [3.8, 4) is 0 Å². The summed E-state index contributed by atoms with van der Waals surface area (Å²) in [5.74, 6) is -0.241. The molecule has 0 radical (unpaired) electrons. The van der Waals surface area contributed by atoms with Crippen molar-refractivity contribution in [2.24, 2.45) is 0 Å². The molecule has 16 heavy (non-hydrogen) atoms. The van der Waals surface area contributed by atoms with Crippen molar-refractivity contribution in [2.45, 2.75) is 57.9 Å². The average Bonchev–Trinajstić information content (AvgIpc) is 2.47. The van der Waals surface area contributed by atoms with Crippen molar-refractivity contribution in [3.05, 3.63) is 0 Å². The lowest BCUT2D eigenvalue weighted by Gasteiger charge is -2.30. The summed E-state index contributed by atoms with van der Waals surface area (Å²) in [5, 5.41) is 2.29. The second kappa shape index (κ2) is 5.53. The Bertz CT molecular complexity index is 273. The van der Waals surface area contributed by atoms with Gasteiger partial charge in [-0.25, -0.2) is 9.21 Å². The normalized spacial score (nSPS) is 19.1. The van der Waals surface area contributed by atoms with Gasteiger partial charge in [0.2, 0.25) is 0 Å². The molecule has 1 N–H and O–H groups in total. The van der Waals surface area contributed by atoms with Crippen LogP contribution in [0.2, 0.25) is 0 Å². The van der Waals surface area contributed by atoms with Crippen LogP contribution in [0.25, 0.3) is 0 Å². The first kappa shape index (κ1) is 13.3. The molecule has 0 spiro atoms. The van der Waals surface area contributed by atoms with Gasteiger partial charge in [0.05, 0.1) is 0 Å². The largest absolute Gasteiger partial charge is 0.339 e. The molecule has 0 atom stereocenters. The number of unbranched alkanes of at least 4 members (excludes halogenated alkanes) is 2. The molecule has 0 aromatic carbocycles. The highest BCUT2D eigenvalue weighted by Crippen LogP contribution is 2.34. The van der Waals surface area contributed by atoms with E-state index < -0.39 is 11.6 Å². The van der Waals surface area contributed by atoms with E-state index in [2.05, 4.69) is 19.2 Å². The third kappa shape index (κ3) is 2.32. The molecule has 4 nitrogen and oxygen atoms in total. The van der Waals surface area contributed by atoms with Crippen LogP contribution in [0, 0.1) is 0 Å². The van der Waals surface area contributed by atoms with E-state index in [1.165, 1.54) is 0 Å². The minimum atomic E-state index is -0.815. The molecule has 0 aromatic heterocycles. The molecule has 1 aliphatic heterocycles. The van der Waals surface area contributed by atoms with Gasteiger partial charge < -0.3 is 0 Å². The van der Waals surface area contributed by atoms with Gasteiger partial charge in [-0.2, -0.15) is 0 Å². The van der Waals surface area contributed by atoms with Crippen LogP contribution >= 0.6 is 11.8 Å². The zero-order valence-corrected chi connectivity index (χ0v) is 10.6. The number of hydrogen-bond donors (Lipinski definition) is 1. The SMILES string of the molecule is CCCCC1(CCCC)C(=O)NC(=O)N1Cl. The molecular weight excluding hydrogens is 228 g/mol. The number of rotatable bonds is 6. The molecule has 92 valence electrons. The molecular formula is C11H19ClN2O2. The maximum absolute atomic E-state index is 11.9. The number of halogens is 1. The molecule has 1 heterocycles. The highest BCUT2D eigenvalue weighted by Gasteiger charge is 2.51. The third-order valence-electron chi connectivity index (χ3n) is 3.09. The van der Waals surface area contributed by atoms with Crippen LogP contribution in [-0.2, 0) is 4.79 Å². The highest BCUT2D eigenvalue weighted by molar-refractivity contribution is 6.28. The molecule has 0 unspecified atom stereocenters. The van der Waals surface area contributed by atoms with Crippen molar-refractivity contribution in [1.82, 2.24) is 9.74 Å². The molecule has 0 aromatic rings. The molecule has 1 saturated heterocycles. The first-order valence-corrected chi connectivity index (χ1v) is 6.23. The van der Waals surface area contributed by atoms with E-state index >= 15 is 0 Å². The summed E-state index contributed by atoms with van der Waals surface area (Å²) in [7, 11) is 0. The Hall–Kier alpha value is -0.770. The van der Waals surface area contributed by atoms with Crippen molar-refractivity contribution in [2.75, 3.05) is 0 Å². The van der Waals surface area contributed by atoms with Crippen LogP contribution in [0.4, 0.5) is 4.79 Å². The fourth-order valence-corrected chi connectivity index (χ4v) is 2.32. The summed E-state index contributed by atoms with van der Waals surface area (Å²) in [6.07, 6.45) is 5.05. The van der Waals surface area contributed by atoms with E-state index in [9.17, 15) is 9.59 Å². The molecule has 3 amide bonds. The number of imide groups is 1. The Balaban J connectivity index is 2.83. The van der Waals surface area contributed by atoms with E-state index in [1.54, 1.807) is 0 Å². The first-order valence-electron chi connectivity index (χ1n) is 5.90. The fourth-order valence-electron chi connectivity index (χ4n) is 2.03. The quantitative estimate of drug-likeness (QED) is 0.579. The van der Waals surface area contributed by atoms with E-state index in [4.69, 9.17) is 11.8 Å². The maximum Gasteiger partial charge on any atom is 0.339 e. The Morgan fingerprint density at radius 3 is 2.00 bits per heavy atom. The second-order valence-corrected chi connectivity index (χ2v) is 4.62. The van der Waals surface area contributed by atoms with Gasteiger partial charge in [0.15, 0.2) is 0 Å². The van der Waals surface area contributed by atoms with E-state index in [0.717, 1.165) is 30.1 Å². The molecule has 0 aliphatic carbocycles. The van der Waals surface area contributed by atoms with E-state index in [1.807, 2.05) is 0 Å². The van der Waals surface area contributed by atoms with Gasteiger partial charge in [-0.05, 0) is 12.8 Å². The maximum atomic E-state index is 11.9. The van der Waals surface area contributed by atoms with Gasteiger partial charge in [-0.1, -0.05) is 39.5 Å². The number of carbonyl (C=O) groups is 2. The van der Waals surface area contributed by atoms with Gasteiger partial charge >= 0.3 is 6.03 Å². The second-order valence-electron chi connectivity index (χ2n) is 4.28. The van der Waals surface area contributed by atoms with Crippen LogP contribution in [0.15, 0.2) is 0 Å². The van der Waals surface area contributed by atoms with Gasteiger partial charge in [0, 0.05) is 11.8 Å². The number of carbonyl (C=O) groups excluding carboxylic acids is 2. The van der Waals surface area contributed by atoms with Crippen LogP contribution in [0.3, 0.4) is 0 Å². The summed E-state index contributed by atoms with van der Waals surface area (Å²) in [6.45, 7) is 4.11. The lowest BCUT2D eigenvalue weighted by molar-refractivity contribution is -0.126. The Labute approximate surface area is 101 Å². The number of amides is 3. The minimum absolute atomic E-state index is 0.241. The smallest absolute Gasteiger partial charge is 0.275 e. The summed E-state index contributed by atoms with van der Waals surface area (Å²) in [6, 6.07) is -0.487. The number of hydrogen-bond acceptors (Lipinski definition) is 2. The van der Waals surface area contributed by atoms with Crippen LogP contribution in [-0.4, -0.2) is 21.9 Å². The van der Waals surface area contributed by atoms with Crippen LogP contribution in [0.1, 0.15) is 52.4 Å². The summed E-state index contributed by atoms with van der Waals surface area (Å²) < 4.78 is 1.07. The van der Waals surface area contributed by atoms with Crippen molar-refractivity contribution in [3.63, 3.8) is 0 Å². The lowest BCUT2D eigenvalue weighted by atomic mass is 9.87. The Morgan fingerprint density at radius 1 is 1.19 bits per heavy atom. The summed E-state index contributed by atoms with van der Waals surface area (Å²) in [5.41, 5.74) is -0.815. The Kier molecular flexibility index (Phi) is 4.59. The Morgan fingerprint density at radius 2 is 1.69 bits per heavy atom. The van der Waals surface area contributed by atoms with E-state index in [-0.39, 0.29) is 5.91 Å². The standard InChI is InChI=1S/C11H19ClN2O2/c1-3-5-7-11(8-6-4-2)9(15)13-10(16)14(11)12/h3-8H2,1-2H3,(H,13,15,16). The topological polar surface area (TPSA) is 49.4 Å². The van der Waals surface area contributed by atoms with Gasteiger partial charge in [0.25, 0.3) is 5.91 Å². The zero-order valence-electron chi connectivity index (χ0n) is 9.88. The highest BCUT2D eigenvalue weighted by atomic mass is 35.5. The molecule has 0 saturated carbocycles. The van der Waals surface area contributed by atoms with E-state index in [0.29, 0.717) is 12.8 Å². The van der Waals surface area contributed by atoms with Crippen LogP contribution in [0.5, 0.6) is 0 Å². The molecule has 1 aliphatic rings. The molecule has 0 bridgehead atoms. The predicted molar refractivity (Wildman–Crippen MR) is 63.0 cm³/mol. The fraction of sp³-hybridized carbons (Fsp3) is 0.818. The number of nitrogens with one attached hydrogen (secondary N) is 1. The monoisotopic (exact) mass is 246 g/mol. The summed E-state index contributed by atoms with van der Waals surface area (Å²) in [4.78, 5) is 23.3. The van der Waals surface area contributed by atoms with Crippen LogP contribution < -0.4 is 5.32 Å². The van der Waals surface area contributed by atoms with Gasteiger partial charge in [0.1, 0.15) is 5.54 Å². The van der Waals surface area contributed by atoms with Gasteiger partial charge in [-0.15, -0.1) is 0 Å². The molecule has 1 rings (SSSR count). The number of urea groups is 1. The predicted octanol–water partition coefficient (Wildman–Crippen LogP) is 2.81. The third-order valence-corrected chi connectivity index (χ3v) is 3.56.